The molecule has 0 unspecified atom stereocenters. The van der Waals surface area contributed by atoms with Gasteiger partial charge < -0.3 is 58.3 Å². The minimum atomic E-state index is -4.78. The predicted octanol–water partition coefficient (Wildman–Crippen LogP) is 14.5. The Balaban J connectivity index is 0.000000118. The molecule has 0 fully saturated rings. The Labute approximate surface area is 625 Å². The molecule has 13 N–H and O–H groups in total. The molecular formula is C74H58F7N29O2. The molecule has 0 spiro atoms. The van der Waals surface area contributed by atoms with E-state index < -0.39 is 35.7 Å². The van der Waals surface area contributed by atoms with Crippen LogP contribution in [0.1, 0.15) is 28.9 Å². The number of imidazole rings is 4. The van der Waals surface area contributed by atoms with Gasteiger partial charge in [-0.1, -0.05) is 48.5 Å². The first-order chi connectivity index (χ1) is 54.0. The molecule has 0 radical (unpaired) electrons. The van der Waals surface area contributed by atoms with Gasteiger partial charge in [-0.25, -0.2) is 28.7 Å². The van der Waals surface area contributed by atoms with Crippen LogP contribution in [0.25, 0.3) is 89.8 Å². The SMILES string of the molecule is Cc1nc2ccccc2n1-c1nc(N)nc(Nc2ccc(C(F)(F)F)c(F)c2)n1.Cc1nc2ccccc2n1-c1nc(N)nc(Nc2ccc(OC(F)F)c(F)c2)n1.Cc1nc2ccccc2n1-c1nc(N)nc(Nc2ccc3[nH]ccc3c2)n1.Cc1nc2ccccc2n1-c1nc(N)nc(Nc2ccc3occc3c2)n1. The number of aromatic amines is 1. The number of anilines is 12. The fraction of sp³-hybridized carbons (Fsp3) is 0.0811. The first-order valence-electron chi connectivity index (χ1n) is 33.5. The number of hydrogen-bond acceptors (Lipinski definition) is 26. The molecule has 0 amide bonds. The summed E-state index contributed by atoms with van der Waals surface area (Å²) in [6.45, 7) is 4.25. The van der Waals surface area contributed by atoms with Crippen molar-refractivity contribution in [3.05, 3.63) is 235 Å². The number of benzene rings is 8. The number of nitrogens with one attached hydrogen (secondary N) is 5. The molecule has 0 aliphatic carbocycles. The van der Waals surface area contributed by atoms with E-state index in [0.717, 1.165) is 107 Å². The van der Waals surface area contributed by atoms with Gasteiger partial charge in [-0.15, -0.1) is 0 Å². The summed E-state index contributed by atoms with van der Waals surface area (Å²) in [5.41, 5.74) is 32.5. The summed E-state index contributed by atoms with van der Waals surface area (Å²) in [6.07, 6.45) is -1.23. The van der Waals surface area contributed by atoms with Gasteiger partial charge in [0, 0.05) is 51.3 Å². The highest BCUT2D eigenvalue weighted by Crippen LogP contribution is 2.34. The molecule has 0 aliphatic heterocycles. The van der Waals surface area contributed by atoms with Crippen LogP contribution in [0.15, 0.2) is 199 Å². The maximum Gasteiger partial charge on any atom is 0.419 e. The molecule has 31 nitrogen and oxygen atoms in total. The van der Waals surface area contributed by atoms with Gasteiger partial charge in [-0.2, -0.15) is 81.8 Å². The number of nitrogen functional groups attached to an aromatic ring is 4. The second kappa shape index (κ2) is 30.0. The Kier molecular flexibility index (Phi) is 19.3. The minimum Gasteiger partial charge on any atom is -0.464 e. The molecule has 10 heterocycles. The molecule has 0 bridgehead atoms. The van der Waals surface area contributed by atoms with Gasteiger partial charge in [0.1, 0.15) is 34.7 Å². The van der Waals surface area contributed by atoms with Crippen LogP contribution < -0.4 is 48.9 Å². The Morgan fingerprint density at radius 2 is 0.750 bits per heavy atom. The third-order valence-electron chi connectivity index (χ3n) is 16.7. The number of aromatic nitrogens is 21. The van der Waals surface area contributed by atoms with E-state index in [0.29, 0.717) is 47.6 Å². The molecule has 0 atom stereocenters. The van der Waals surface area contributed by atoms with Gasteiger partial charge in [0.05, 0.1) is 56.0 Å². The molecule has 38 heteroatoms. The predicted molar refractivity (Wildman–Crippen MR) is 406 cm³/mol. The summed E-state index contributed by atoms with van der Waals surface area (Å²) in [7, 11) is 0. The Morgan fingerprint density at radius 3 is 1.13 bits per heavy atom. The third kappa shape index (κ3) is 15.5. The second-order valence-corrected chi connectivity index (χ2v) is 24.4. The number of H-pyrrole nitrogens is 1. The van der Waals surface area contributed by atoms with Gasteiger partial charge in [0.15, 0.2) is 11.6 Å². The highest BCUT2D eigenvalue weighted by atomic mass is 19.4. The van der Waals surface area contributed by atoms with Crippen molar-refractivity contribution in [2.24, 2.45) is 0 Å². The van der Waals surface area contributed by atoms with E-state index in [1.165, 1.54) is 6.07 Å². The standard InChI is InChI=1S/C19H16N8.C19H15N7O.C18H13F4N7.C18H14F3N7O/c1-11-22-15-4-2-3-5-16(15)27(11)19-25-17(20)24-18(26-19)23-13-6-7-14-12(10-13)8-9-21-14;1-11-21-14-4-2-3-5-15(14)26(11)19-24-17(20)23-18(25-19)22-13-6-7-16-12(10-13)8-9-27-16;1-9-24-13-4-2-3-5-14(13)29(9)17-27-15(23)26-16(28-17)25-10-6-7-11(12(19)8-10)18(20,21)22;1-9-23-12-4-2-3-5-13(12)28(9)18-26-16(22)25-17(27-18)24-10-6-7-14(11(19)8-10)29-15(20)21/h2-10,21H,1H3,(H3,20,23,24,25,26);2-10H,1H3,(H3,20,22,23,24,25);2-8H,1H3,(H3,23,25,26,27,28);2-8,15H,1H3,(H3,22,24,25,26,27). The normalized spacial score (nSPS) is 11.4. The zero-order chi connectivity index (χ0) is 78.1. The van der Waals surface area contributed by atoms with E-state index in [-0.39, 0.29) is 59.0 Å². The molecular weight excluding hydrogens is 1460 g/mol. The molecule has 112 heavy (non-hydrogen) atoms. The number of rotatable bonds is 14. The highest BCUT2D eigenvalue weighted by molar-refractivity contribution is 5.85. The van der Waals surface area contributed by atoms with Crippen molar-refractivity contribution in [3.63, 3.8) is 0 Å². The molecule has 18 aromatic rings. The minimum absolute atomic E-state index is 0.0271. The molecule has 18 rings (SSSR count). The van der Waals surface area contributed by atoms with E-state index in [1.54, 1.807) is 29.2 Å². The summed E-state index contributed by atoms with van der Waals surface area (Å²) in [6, 6.07) is 51.8. The maximum atomic E-state index is 13.9. The van der Waals surface area contributed by atoms with E-state index in [2.05, 4.69) is 111 Å². The quantitative estimate of drug-likeness (QED) is 0.0457. The maximum absolute atomic E-state index is 13.9. The lowest BCUT2D eigenvalue weighted by Gasteiger charge is -2.11. The monoisotopic (exact) mass is 1520 g/mol. The van der Waals surface area contributed by atoms with Crippen LogP contribution in [-0.4, -0.2) is 110 Å². The van der Waals surface area contributed by atoms with Crippen LogP contribution in [-0.2, 0) is 6.18 Å². The van der Waals surface area contributed by atoms with Crippen LogP contribution in [0.3, 0.4) is 0 Å². The van der Waals surface area contributed by atoms with Crippen LogP contribution in [0.4, 0.5) is 101 Å². The lowest BCUT2D eigenvalue weighted by atomic mass is 10.2. The first kappa shape index (κ1) is 72.1. The molecule has 8 aromatic carbocycles. The fourth-order valence-corrected chi connectivity index (χ4v) is 12.0. The van der Waals surface area contributed by atoms with E-state index in [9.17, 15) is 30.7 Å². The van der Waals surface area contributed by atoms with E-state index >= 15 is 0 Å². The highest BCUT2D eigenvalue weighted by Gasteiger charge is 2.34. The Morgan fingerprint density at radius 1 is 0.393 bits per heavy atom. The number of nitrogens with two attached hydrogens (primary N) is 4. The number of para-hydroxylation sites is 8. The van der Waals surface area contributed by atoms with Gasteiger partial charge in [-0.05, 0) is 155 Å². The molecule has 560 valence electrons. The topological polar surface area (TPSA) is 416 Å². The van der Waals surface area contributed by atoms with Gasteiger partial charge in [-0.3, -0.25) is 18.3 Å². The average Bonchev–Trinajstić information content (AvgIpc) is 1.64. The van der Waals surface area contributed by atoms with Crippen molar-refractivity contribution in [1.82, 2.24) is 103 Å². The number of aryl methyl sites for hydroxylation is 4. The second-order valence-electron chi connectivity index (χ2n) is 24.4. The van der Waals surface area contributed by atoms with Crippen LogP contribution >= 0.6 is 0 Å². The Hall–Kier alpha value is -15.5. The number of alkyl halides is 5. The largest absolute Gasteiger partial charge is 0.464 e. The first-order valence-corrected chi connectivity index (χ1v) is 33.5. The van der Waals surface area contributed by atoms with E-state index in [1.807, 2.05) is 175 Å². The van der Waals surface area contributed by atoms with Crippen molar-refractivity contribution in [3.8, 4) is 29.5 Å². The zero-order valence-corrected chi connectivity index (χ0v) is 58.8. The van der Waals surface area contributed by atoms with Crippen molar-refractivity contribution in [2.75, 3.05) is 44.2 Å². The van der Waals surface area contributed by atoms with E-state index in [4.69, 9.17) is 27.4 Å². The number of hydrogen-bond donors (Lipinski definition) is 9. The molecule has 0 saturated heterocycles. The zero-order valence-electron chi connectivity index (χ0n) is 58.8. The molecule has 0 saturated carbocycles. The molecule has 10 aromatic heterocycles. The summed E-state index contributed by atoms with van der Waals surface area (Å²) < 4.78 is 107. The van der Waals surface area contributed by atoms with Crippen molar-refractivity contribution < 1.29 is 39.9 Å². The van der Waals surface area contributed by atoms with Crippen molar-refractivity contribution in [1.29, 1.82) is 0 Å². The fourth-order valence-electron chi connectivity index (χ4n) is 12.0. The number of ether oxygens (including phenoxy) is 1. The summed E-state index contributed by atoms with van der Waals surface area (Å²) >= 11 is 0. The summed E-state index contributed by atoms with van der Waals surface area (Å²) in [4.78, 5) is 72.0. The lowest BCUT2D eigenvalue weighted by Crippen LogP contribution is -2.11. The van der Waals surface area contributed by atoms with Crippen LogP contribution in [0.2, 0.25) is 0 Å². The van der Waals surface area contributed by atoms with Crippen molar-refractivity contribution in [2.45, 2.75) is 40.5 Å². The van der Waals surface area contributed by atoms with Gasteiger partial charge in [0.2, 0.25) is 71.4 Å². The number of fused-ring (bicyclic) bond motifs is 6. The van der Waals surface area contributed by atoms with Crippen LogP contribution in [0.5, 0.6) is 5.75 Å². The lowest BCUT2D eigenvalue weighted by molar-refractivity contribution is -0.140. The van der Waals surface area contributed by atoms with Crippen molar-refractivity contribution >= 4 is 136 Å². The van der Waals surface area contributed by atoms with Gasteiger partial charge in [0.25, 0.3) is 0 Å². The van der Waals surface area contributed by atoms with Crippen LogP contribution in [0, 0.1) is 39.3 Å². The number of nitrogens with zero attached hydrogens (tertiary/aromatic N) is 20. The Bertz CT molecular complexity index is 6350. The molecule has 0 aliphatic rings. The van der Waals surface area contributed by atoms with Gasteiger partial charge >= 0.3 is 12.8 Å². The number of furan rings is 1. The third-order valence-corrected chi connectivity index (χ3v) is 16.7. The average molecular weight is 1520 g/mol. The smallest absolute Gasteiger partial charge is 0.419 e. The summed E-state index contributed by atoms with van der Waals surface area (Å²) in [5, 5.41) is 13.9. The summed E-state index contributed by atoms with van der Waals surface area (Å²) in [5.74, 6) is 1.90. The number of halogens is 7.